The summed E-state index contributed by atoms with van der Waals surface area (Å²) >= 11 is 0. The largest absolute Gasteiger partial charge is 0.506 e. The summed E-state index contributed by atoms with van der Waals surface area (Å²) in [4.78, 5) is 51.6. The molecule has 0 atom stereocenters. The van der Waals surface area contributed by atoms with Crippen LogP contribution >= 0.6 is 0 Å². The normalized spacial score (nSPS) is 19.4. The first-order valence-electron chi connectivity index (χ1n) is 10.8. The SMILES string of the molecule is Cc1c(C(O)=C2C(=O)CC(C)(C)CC2=O)ccc2c1c(=O)n(C1CCCC1)c(=O)n2C. The fraction of sp³-hybridized carbons (Fsp3) is 0.500. The number of aliphatic hydroxyl groups is 1. The van der Waals surface area contributed by atoms with Crippen molar-refractivity contribution in [3.05, 3.63) is 49.7 Å². The first-order valence-corrected chi connectivity index (χ1v) is 10.8. The third kappa shape index (κ3) is 3.36. The number of aryl methyl sites for hydroxylation is 2. The van der Waals surface area contributed by atoms with Gasteiger partial charge in [0, 0.05) is 31.5 Å². The quantitative estimate of drug-likeness (QED) is 0.453. The molecule has 0 saturated heterocycles. The molecule has 2 aromatic rings. The summed E-state index contributed by atoms with van der Waals surface area (Å²) < 4.78 is 2.78. The molecule has 1 heterocycles. The highest BCUT2D eigenvalue weighted by Crippen LogP contribution is 2.37. The Bertz CT molecular complexity index is 1250. The predicted molar refractivity (Wildman–Crippen MR) is 118 cm³/mol. The van der Waals surface area contributed by atoms with E-state index in [2.05, 4.69) is 0 Å². The summed E-state index contributed by atoms with van der Waals surface area (Å²) in [7, 11) is 1.63. The molecule has 2 aliphatic carbocycles. The van der Waals surface area contributed by atoms with E-state index >= 15 is 0 Å². The van der Waals surface area contributed by atoms with Gasteiger partial charge in [0.25, 0.3) is 5.56 Å². The van der Waals surface area contributed by atoms with Crippen LogP contribution in [-0.2, 0) is 16.6 Å². The molecule has 2 fully saturated rings. The molecule has 1 aromatic carbocycles. The molecule has 0 unspecified atom stereocenters. The molecule has 164 valence electrons. The number of aromatic nitrogens is 2. The Kier molecular flexibility index (Phi) is 5.03. The number of aliphatic hydroxyl groups excluding tert-OH is 1. The summed E-state index contributed by atoms with van der Waals surface area (Å²) in [6.45, 7) is 5.38. The molecule has 7 nitrogen and oxygen atoms in total. The molecule has 2 aliphatic rings. The molecule has 0 radical (unpaired) electrons. The minimum atomic E-state index is -0.441. The fourth-order valence-corrected chi connectivity index (χ4v) is 5.12. The maximum absolute atomic E-state index is 13.4. The van der Waals surface area contributed by atoms with Gasteiger partial charge in [-0.2, -0.15) is 0 Å². The van der Waals surface area contributed by atoms with Crippen LogP contribution in [-0.4, -0.2) is 25.8 Å². The van der Waals surface area contributed by atoms with Gasteiger partial charge in [-0.15, -0.1) is 0 Å². The van der Waals surface area contributed by atoms with Crippen LogP contribution in [0.2, 0.25) is 0 Å². The standard InChI is InChI=1S/C24H28N2O5/c1-13-15(21(29)20-17(27)11-24(2,3)12-18(20)28)9-10-16-19(13)22(30)26(23(31)25(16)4)14-7-5-6-8-14/h9-10,14,29H,5-8,11-12H2,1-4H3. The Balaban J connectivity index is 1.97. The summed E-state index contributed by atoms with van der Waals surface area (Å²) in [6.07, 6.45) is 3.87. The zero-order chi connectivity index (χ0) is 22.7. The average Bonchev–Trinajstić information content (AvgIpc) is 3.18. The minimum absolute atomic E-state index is 0.130. The lowest BCUT2D eigenvalue weighted by Gasteiger charge is -2.29. The van der Waals surface area contributed by atoms with E-state index in [0.29, 0.717) is 16.5 Å². The van der Waals surface area contributed by atoms with E-state index in [1.54, 1.807) is 26.1 Å². The third-order valence-corrected chi connectivity index (χ3v) is 6.75. The maximum Gasteiger partial charge on any atom is 0.331 e. The topological polar surface area (TPSA) is 98.4 Å². The first kappa shape index (κ1) is 21.3. The number of rotatable bonds is 2. The molecule has 0 spiro atoms. The number of benzene rings is 1. The van der Waals surface area contributed by atoms with Crippen LogP contribution in [0.25, 0.3) is 16.7 Å². The van der Waals surface area contributed by atoms with Gasteiger partial charge in [-0.3, -0.25) is 23.5 Å². The van der Waals surface area contributed by atoms with E-state index in [4.69, 9.17) is 0 Å². The number of carbonyl (C=O) groups excluding carboxylic acids is 2. The van der Waals surface area contributed by atoms with Crippen molar-refractivity contribution in [2.45, 2.75) is 65.3 Å². The van der Waals surface area contributed by atoms with Crippen LogP contribution < -0.4 is 11.2 Å². The second-order valence-electron chi connectivity index (χ2n) is 9.68. The van der Waals surface area contributed by atoms with Crippen molar-refractivity contribution in [3.63, 3.8) is 0 Å². The van der Waals surface area contributed by atoms with Gasteiger partial charge in [-0.25, -0.2) is 4.79 Å². The van der Waals surface area contributed by atoms with Gasteiger partial charge in [0.05, 0.1) is 10.9 Å². The number of fused-ring (bicyclic) bond motifs is 1. The lowest BCUT2D eigenvalue weighted by atomic mass is 9.73. The predicted octanol–water partition coefficient (Wildman–Crippen LogP) is 3.35. The van der Waals surface area contributed by atoms with Crippen LogP contribution in [0.15, 0.2) is 27.3 Å². The second-order valence-corrected chi connectivity index (χ2v) is 9.68. The third-order valence-electron chi connectivity index (χ3n) is 6.75. The van der Waals surface area contributed by atoms with Crippen molar-refractivity contribution in [1.82, 2.24) is 9.13 Å². The van der Waals surface area contributed by atoms with Crippen molar-refractivity contribution in [2.24, 2.45) is 12.5 Å². The van der Waals surface area contributed by atoms with E-state index in [1.165, 1.54) is 9.13 Å². The number of nitrogens with zero attached hydrogens (tertiary/aromatic N) is 2. The van der Waals surface area contributed by atoms with Crippen molar-refractivity contribution >= 4 is 28.2 Å². The van der Waals surface area contributed by atoms with Crippen molar-refractivity contribution in [1.29, 1.82) is 0 Å². The Hall–Kier alpha value is -2.96. The molecule has 7 heteroatoms. The zero-order valence-electron chi connectivity index (χ0n) is 18.4. The molecule has 2 saturated carbocycles. The van der Waals surface area contributed by atoms with E-state index < -0.39 is 5.41 Å². The molecule has 4 rings (SSSR count). The Morgan fingerprint density at radius 1 is 1.03 bits per heavy atom. The smallest absolute Gasteiger partial charge is 0.331 e. The summed E-state index contributed by atoms with van der Waals surface area (Å²) in [5.41, 5.74) is -0.168. The average molecular weight is 424 g/mol. The highest BCUT2D eigenvalue weighted by molar-refractivity contribution is 6.26. The fourth-order valence-electron chi connectivity index (χ4n) is 5.12. The number of ketones is 2. The zero-order valence-corrected chi connectivity index (χ0v) is 18.4. The van der Waals surface area contributed by atoms with Gasteiger partial charge < -0.3 is 5.11 Å². The van der Waals surface area contributed by atoms with Crippen LogP contribution in [0.1, 0.15) is 69.5 Å². The van der Waals surface area contributed by atoms with Crippen LogP contribution in [0.5, 0.6) is 0 Å². The minimum Gasteiger partial charge on any atom is -0.506 e. The van der Waals surface area contributed by atoms with Gasteiger partial charge in [-0.05, 0) is 42.9 Å². The van der Waals surface area contributed by atoms with Crippen LogP contribution in [0, 0.1) is 12.3 Å². The second kappa shape index (κ2) is 7.32. The lowest BCUT2D eigenvalue weighted by Crippen LogP contribution is -2.41. The maximum atomic E-state index is 13.4. The Morgan fingerprint density at radius 2 is 1.61 bits per heavy atom. The van der Waals surface area contributed by atoms with Gasteiger partial charge in [0.1, 0.15) is 11.3 Å². The van der Waals surface area contributed by atoms with Crippen LogP contribution in [0.4, 0.5) is 0 Å². The first-order chi connectivity index (χ1) is 14.5. The van der Waals surface area contributed by atoms with E-state index in [0.717, 1.165) is 25.7 Å². The molecular weight excluding hydrogens is 396 g/mol. The number of hydrogen-bond acceptors (Lipinski definition) is 5. The van der Waals surface area contributed by atoms with Gasteiger partial charge in [0.2, 0.25) is 0 Å². The Labute approximate surface area is 180 Å². The number of carbonyl (C=O) groups is 2. The molecule has 0 bridgehead atoms. The molecule has 0 aliphatic heterocycles. The number of Topliss-reactive ketones (excluding diaryl/α,β-unsaturated/α-hetero) is 2. The molecule has 1 aromatic heterocycles. The van der Waals surface area contributed by atoms with E-state index in [9.17, 15) is 24.3 Å². The molecule has 31 heavy (non-hydrogen) atoms. The number of allylic oxidation sites excluding steroid dienone is 1. The highest BCUT2D eigenvalue weighted by atomic mass is 16.3. The van der Waals surface area contributed by atoms with Gasteiger partial charge in [0.15, 0.2) is 11.6 Å². The molecule has 0 amide bonds. The number of hydrogen-bond donors (Lipinski definition) is 1. The summed E-state index contributed by atoms with van der Waals surface area (Å²) in [5.74, 6) is -1.16. The van der Waals surface area contributed by atoms with Crippen molar-refractivity contribution < 1.29 is 14.7 Å². The van der Waals surface area contributed by atoms with E-state index in [-0.39, 0.29) is 58.6 Å². The van der Waals surface area contributed by atoms with E-state index in [1.807, 2.05) is 13.8 Å². The Morgan fingerprint density at radius 3 is 2.19 bits per heavy atom. The van der Waals surface area contributed by atoms with Gasteiger partial charge in [-0.1, -0.05) is 26.7 Å². The van der Waals surface area contributed by atoms with Crippen molar-refractivity contribution in [3.8, 4) is 0 Å². The van der Waals surface area contributed by atoms with Gasteiger partial charge >= 0.3 is 5.69 Å². The van der Waals surface area contributed by atoms with Crippen molar-refractivity contribution in [2.75, 3.05) is 0 Å². The summed E-state index contributed by atoms with van der Waals surface area (Å²) in [5, 5.41) is 11.3. The van der Waals surface area contributed by atoms with Crippen LogP contribution in [0.3, 0.4) is 0 Å². The highest BCUT2D eigenvalue weighted by Gasteiger charge is 2.38. The molecule has 1 N–H and O–H groups in total. The monoisotopic (exact) mass is 424 g/mol. The lowest BCUT2D eigenvalue weighted by molar-refractivity contribution is -0.127. The molecular formula is C24H28N2O5. The summed E-state index contributed by atoms with van der Waals surface area (Å²) in [6, 6.07) is 3.03.